The van der Waals surface area contributed by atoms with Gasteiger partial charge in [-0.05, 0) is 18.9 Å². The Morgan fingerprint density at radius 1 is 1.42 bits per heavy atom. The minimum absolute atomic E-state index is 0.410. The van der Waals surface area contributed by atoms with Crippen molar-refractivity contribution in [1.82, 2.24) is 0 Å². The topological polar surface area (TPSA) is 43.1 Å². The van der Waals surface area contributed by atoms with Crippen LogP contribution in [0, 0.1) is 5.92 Å². The van der Waals surface area contributed by atoms with Crippen LogP contribution in [0.25, 0.3) is 0 Å². The zero-order valence-corrected chi connectivity index (χ0v) is 9.03. The normalized spacial score (nSPS) is 15.9. The van der Waals surface area contributed by atoms with Gasteiger partial charge in [-0.1, -0.05) is 26.7 Å². The summed E-state index contributed by atoms with van der Waals surface area (Å²) in [7, 11) is -0.631. The second kappa shape index (κ2) is 7.74. The first-order valence-electron chi connectivity index (χ1n) is 4.75. The van der Waals surface area contributed by atoms with Gasteiger partial charge in [-0.3, -0.25) is 4.21 Å². The van der Waals surface area contributed by atoms with E-state index >= 15 is 0 Å². The zero-order valence-electron chi connectivity index (χ0n) is 8.21. The minimum atomic E-state index is -0.631. The molecule has 2 unspecified atom stereocenters. The van der Waals surface area contributed by atoms with Crippen molar-refractivity contribution in [2.45, 2.75) is 33.1 Å². The molecule has 0 aromatic carbocycles. The highest BCUT2D eigenvalue weighted by molar-refractivity contribution is 7.84. The summed E-state index contributed by atoms with van der Waals surface area (Å²) in [6, 6.07) is 0. The summed E-state index contributed by atoms with van der Waals surface area (Å²) in [6.45, 7) is 4.86. The van der Waals surface area contributed by atoms with E-state index in [1.807, 2.05) is 0 Å². The fraction of sp³-hybridized carbons (Fsp3) is 1.00. The van der Waals surface area contributed by atoms with E-state index in [1.54, 1.807) is 0 Å². The van der Waals surface area contributed by atoms with E-state index in [2.05, 4.69) is 13.8 Å². The summed E-state index contributed by atoms with van der Waals surface area (Å²) in [5.74, 6) is 2.05. The van der Waals surface area contributed by atoms with Gasteiger partial charge in [0.2, 0.25) is 0 Å². The molecule has 0 saturated carbocycles. The van der Waals surface area contributed by atoms with Crippen molar-refractivity contribution in [3.63, 3.8) is 0 Å². The Kier molecular flexibility index (Phi) is 7.81. The molecule has 0 bridgehead atoms. The molecule has 0 rings (SSSR count). The minimum Gasteiger partial charge on any atom is -0.330 e. The van der Waals surface area contributed by atoms with E-state index in [1.165, 1.54) is 12.8 Å². The van der Waals surface area contributed by atoms with Gasteiger partial charge in [0.05, 0.1) is 0 Å². The molecule has 0 fully saturated rings. The molecule has 0 saturated heterocycles. The van der Waals surface area contributed by atoms with Crippen LogP contribution in [0.4, 0.5) is 0 Å². The number of rotatable bonds is 7. The fourth-order valence-electron chi connectivity index (χ4n) is 0.982. The number of hydrogen-bond acceptors (Lipinski definition) is 2. The van der Waals surface area contributed by atoms with Crippen molar-refractivity contribution in [2.75, 3.05) is 18.1 Å². The SMILES string of the molecule is CCCCCS(=O)CC(C)CN. The summed E-state index contributed by atoms with van der Waals surface area (Å²) >= 11 is 0. The first-order valence-corrected chi connectivity index (χ1v) is 6.24. The third kappa shape index (κ3) is 6.80. The third-order valence-corrected chi connectivity index (χ3v) is 3.53. The average molecular weight is 191 g/mol. The molecule has 0 aliphatic heterocycles. The van der Waals surface area contributed by atoms with Crippen molar-refractivity contribution in [3.8, 4) is 0 Å². The number of hydrogen-bond donors (Lipinski definition) is 1. The van der Waals surface area contributed by atoms with Gasteiger partial charge in [0.15, 0.2) is 0 Å². The smallest absolute Gasteiger partial charge is 0.0272 e. The fourth-order valence-corrected chi connectivity index (χ4v) is 2.45. The van der Waals surface area contributed by atoms with Crippen LogP contribution in [0.5, 0.6) is 0 Å². The van der Waals surface area contributed by atoms with Crippen LogP contribution in [0.1, 0.15) is 33.1 Å². The lowest BCUT2D eigenvalue weighted by Gasteiger charge is -2.07. The highest BCUT2D eigenvalue weighted by Crippen LogP contribution is 2.00. The van der Waals surface area contributed by atoms with Crippen LogP contribution >= 0.6 is 0 Å². The second-order valence-corrected chi connectivity index (χ2v) is 4.98. The van der Waals surface area contributed by atoms with Gasteiger partial charge in [0.25, 0.3) is 0 Å². The summed E-state index contributed by atoms with van der Waals surface area (Å²) in [5, 5.41) is 0. The molecule has 0 aliphatic carbocycles. The Labute approximate surface area is 78.4 Å². The third-order valence-electron chi connectivity index (χ3n) is 1.85. The summed E-state index contributed by atoms with van der Waals surface area (Å²) in [5.41, 5.74) is 5.44. The van der Waals surface area contributed by atoms with Crippen LogP contribution in [0.3, 0.4) is 0 Å². The van der Waals surface area contributed by atoms with Gasteiger partial charge < -0.3 is 5.73 Å². The van der Waals surface area contributed by atoms with Crippen molar-refractivity contribution in [3.05, 3.63) is 0 Å². The molecular weight excluding hydrogens is 170 g/mol. The molecule has 3 heteroatoms. The average Bonchev–Trinajstić information content (AvgIpc) is 2.05. The van der Waals surface area contributed by atoms with E-state index in [9.17, 15) is 4.21 Å². The molecule has 74 valence electrons. The predicted octanol–water partition coefficient (Wildman–Crippen LogP) is 1.52. The van der Waals surface area contributed by atoms with Crippen LogP contribution in [0.15, 0.2) is 0 Å². The van der Waals surface area contributed by atoms with Crippen LogP contribution < -0.4 is 5.73 Å². The largest absolute Gasteiger partial charge is 0.330 e. The van der Waals surface area contributed by atoms with Crippen molar-refractivity contribution in [1.29, 1.82) is 0 Å². The van der Waals surface area contributed by atoms with Gasteiger partial charge >= 0.3 is 0 Å². The summed E-state index contributed by atoms with van der Waals surface area (Å²) in [6.07, 6.45) is 3.49. The standard InChI is InChI=1S/C9H21NOS/c1-3-4-5-6-12(11)8-9(2)7-10/h9H,3-8,10H2,1-2H3. The summed E-state index contributed by atoms with van der Waals surface area (Å²) in [4.78, 5) is 0. The lowest BCUT2D eigenvalue weighted by atomic mass is 10.2. The van der Waals surface area contributed by atoms with E-state index < -0.39 is 10.8 Å². The number of unbranched alkanes of at least 4 members (excludes halogenated alkanes) is 2. The van der Waals surface area contributed by atoms with Gasteiger partial charge in [0, 0.05) is 22.3 Å². The predicted molar refractivity (Wildman–Crippen MR) is 55.6 cm³/mol. The van der Waals surface area contributed by atoms with E-state index in [0.29, 0.717) is 12.5 Å². The molecule has 0 aliphatic rings. The maximum atomic E-state index is 11.3. The second-order valence-electron chi connectivity index (χ2n) is 3.36. The number of nitrogens with two attached hydrogens (primary N) is 1. The lowest BCUT2D eigenvalue weighted by molar-refractivity contribution is 0.637. The lowest BCUT2D eigenvalue weighted by Crippen LogP contribution is -2.18. The Balaban J connectivity index is 3.33. The molecule has 2 nitrogen and oxygen atoms in total. The van der Waals surface area contributed by atoms with Crippen molar-refractivity contribution in [2.24, 2.45) is 11.7 Å². The first-order chi connectivity index (χ1) is 5.70. The highest BCUT2D eigenvalue weighted by Gasteiger charge is 2.04. The highest BCUT2D eigenvalue weighted by atomic mass is 32.2. The van der Waals surface area contributed by atoms with Gasteiger partial charge in [-0.2, -0.15) is 0 Å². The molecule has 0 spiro atoms. The molecule has 0 amide bonds. The van der Waals surface area contributed by atoms with Crippen LogP contribution in [0.2, 0.25) is 0 Å². The molecule has 0 heterocycles. The Hall–Kier alpha value is 0.110. The Morgan fingerprint density at radius 3 is 2.58 bits per heavy atom. The molecule has 0 aromatic rings. The Bertz CT molecular complexity index is 128. The van der Waals surface area contributed by atoms with Gasteiger partial charge in [-0.25, -0.2) is 0 Å². The quantitative estimate of drug-likeness (QED) is 0.620. The maximum Gasteiger partial charge on any atom is 0.0272 e. The van der Waals surface area contributed by atoms with Crippen LogP contribution in [-0.4, -0.2) is 22.3 Å². The van der Waals surface area contributed by atoms with Gasteiger partial charge in [0.1, 0.15) is 0 Å². The molecule has 12 heavy (non-hydrogen) atoms. The van der Waals surface area contributed by atoms with E-state index in [4.69, 9.17) is 5.73 Å². The molecule has 2 atom stereocenters. The Morgan fingerprint density at radius 2 is 2.08 bits per heavy atom. The molecular formula is C9H21NOS. The molecule has 2 N–H and O–H groups in total. The summed E-state index contributed by atoms with van der Waals surface area (Å²) < 4.78 is 11.3. The molecule has 0 radical (unpaired) electrons. The zero-order chi connectivity index (χ0) is 9.40. The monoisotopic (exact) mass is 191 g/mol. The molecule has 0 aromatic heterocycles. The van der Waals surface area contributed by atoms with Crippen LogP contribution in [-0.2, 0) is 10.8 Å². The van der Waals surface area contributed by atoms with Crippen molar-refractivity contribution < 1.29 is 4.21 Å². The first kappa shape index (κ1) is 12.1. The van der Waals surface area contributed by atoms with E-state index in [0.717, 1.165) is 17.9 Å². The van der Waals surface area contributed by atoms with Gasteiger partial charge in [-0.15, -0.1) is 0 Å². The van der Waals surface area contributed by atoms with E-state index in [-0.39, 0.29) is 0 Å². The maximum absolute atomic E-state index is 11.3. The van der Waals surface area contributed by atoms with Crippen molar-refractivity contribution >= 4 is 10.8 Å².